The van der Waals surface area contributed by atoms with Crippen LogP contribution in [-0.4, -0.2) is 0 Å². The fourth-order valence-electron chi connectivity index (χ4n) is 2.13. The molecule has 0 amide bonds. The molecule has 0 spiro atoms. The van der Waals surface area contributed by atoms with Crippen molar-refractivity contribution < 1.29 is 9.68 Å². The molecule has 18 heavy (non-hydrogen) atoms. The van der Waals surface area contributed by atoms with Crippen LogP contribution in [0.3, 0.4) is 0 Å². The van der Waals surface area contributed by atoms with E-state index >= 15 is 0 Å². The molecule has 90 valence electrons. The molecular weight excluding hydrogens is 228 g/mol. The molecule has 0 bridgehead atoms. The Kier molecular flexibility index (Phi) is 2.51. The van der Waals surface area contributed by atoms with Crippen LogP contribution in [0.15, 0.2) is 48.5 Å². The third kappa shape index (κ3) is 1.64. The maximum absolute atomic E-state index is 5.19. The topological polar surface area (TPSA) is 70.5 Å². The second kappa shape index (κ2) is 4.18. The van der Waals surface area contributed by atoms with Gasteiger partial charge in [-0.2, -0.15) is 11.8 Å². The highest BCUT2D eigenvalue weighted by molar-refractivity contribution is 5.99. The molecular formula is C14H12N2O2. The SMILES string of the molecule is NOc1cc2cc3ccccc3cc2cc1ON. The highest BCUT2D eigenvalue weighted by Crippen LogP contribution is 2.33. The fraction of sp³-hybridized carbons (Fsp3) is 0. The van der Waals surface area contributed by atoms with Gasteiger partial charge in [0, 0.05) is 0 Å². The van der Waals surface area contributed by atoms with E-state index in [1.54, 1.807) is 0 Å². The highest BCUT2D eigenvalue weighted by Gasteiger charge is 2.07. The molecule has 3 aromatic carbocycles. The van der Waals surface area contributed by atoms with E-state index in [0.717, 1.165) is 21.5 Å². The van der Waals surface area contributed by atoms with Crippen molar-refractivity contribution in [3.05, 3.63) is 48.5 Å². The molecule has 0 fully saturated rings. The van der Waals surface area contributed by atoms with Crippen molar-refractivity contribution in [2.75, 3.05) is 0 Å². The molecule has 3 aromatic rings. The summed E-state index contributed by atoms with van der Waals surface area (Å²) in [7, 11) is 0. The number of benzene rings is 3. The van der Waals surface area contributed by atoms with Crippen molar-refractivity contribution in [1.82, 2.24) is 0 Å². The summed E-state index contributed by atoms with van der Waals surface area (Å²) in [5, 5.41) is 4.37. The molecule has 0 unspecified atom stereocenters. The van der Waals surface area contributed by atoms with Crippen molar-refractivity contribution in [3.63, 3.8) is 0 Å². The monoisotopic (exact) mass is 240 g/mol. The van der Waals surface area contributed by atoms with Crippen LogP contribution in [0.25, 0.3) is 21.5 Å². The second-order valence-corrected chi connectivity index (χ2v) is 4.08. The van der Waals surface area contributed by atoms with Gasteiger partial charge in [-0.05, 0) is 45.8 Å². The number of hydrogen-bond acceptors (Lipinski definition) is 4. The van der Waals surface area contributed by atoms with Crippen LogP contribution in [0, 0.1) is 0 Å². The molecule has 0 aliphatic heterocycles. The van der Waals surface area contributed by atoms with Crippen molar-refractivity contribution >= 4 is 21.5 Å². The first-order valence-electron chi connectivity index (χ1n) is 5.52. The van der Waals surface area contributed by atoms with E-state index in [2.05, 4.69) is 24.3 Å². The molecule has 0 aliphatic carbocycles. The molecule has 4 N–H and O–H groups in total. The predicted octanol–water partition coefficient (Wildman–Crippen LogP) is 2.50. The molecule has 0 atom stereocenters. The Morgan fingerprint density at radius 1 is 0.611 bits per heavy atom. The van der Waals surface area contributed by atoms with E-state index in [1.165, 1.54) is 0 Å². The molecule has 3 rings (SSSR count). The molecule has 0 aromatic heterocycles. The van der Waals surface area contributed by atoms with Crippen LogP contribution in [0.2, 0.25) is 0 Å². The molecule has 0 radical (unpaired) electrons. The zero-order chi connectivity index (χ0) is 12.5. The van der Waals surface area contributed by atoms with Crippen LogP contribution in [0.1, 0.15) is 0 Å². The Morgan fingerprint density at radius 3 is 1.44 bits per heavy atom. The third-order valence-corrected chi connectivity index (χ3v) is 3.02. The summed E-state index contributed by atoms with van der Waals surface area (Å²) in [6, 6.07) is 15.9. The van der Waals surface area contributed by atoms with Gasteiger partial charge in [0.15, 0.2) is 11.5 Å². The first-order valence-corrected chi connectivity index (χ1v) is 5.52. The van der Waals surface area contributed by atoms with Crippen LogP contribution in [-0.2, 0) is 0 Å². The maximum Gasteiger partial charge on any atom is 0.191 e. The van der Waals surface area contributed by atoms with E-state index in [9.17, 15) is 0 Å². The minimum atomic E-state index is 0.417. The number of rotatable bonds is 2. The van der Waals surface area contributed by atoms with Gasteiger partial charge in [0.05, 0.1) is 0 Å². The van der Waals surface area contributed by atoms with Gasteiger partial charge >= 0.3 is 0 Å². The van der Waals surface area contributed by atoms with Crippen molar-refractivity contribution in [1.29, 1.82) is 0 Å². The second-order valence-electron chi connectivity index (χ2n) is 4.08. The van der Waals surface area contributed by atoms with E-state index in [0.29, 0.717) is 11.5 Å². The largest absolute Gasteiger partial charge is 0.407 e. The Hall–Kier alpha value is -2.30. The van der Waals surface area contributed by atoms with Gasteiger partial charge in [0.25, 0.3) is 0 Å². The van der Waals surface area contributed by atoms with E-state index in [-0.39, 0.29) is 0 Å². The van der Waals surface area contributed by atoms with Crippen LogP contribution >= 0.6 is 0 Å². The third-order valence-electron chi connectivity index (χ3n) is 3.02. The average molecular weight is 240 g/mol. The van der Waals surface area contributed by atoms with E-state index in [4.69, 9.17) is 21.5 Å². The van der Waals surface area contributed by atoms with Crippen molar-refractivity contribution in [2.45, 2.75) is 0 Å². The number of hydrogen-bond donors (Lipinski definition) is 2. The van der Waals surface area contributed by atoms with Gasteiger partial charge in [-0.15, -0.1) is 0 Å². The molecule has 0 heterocycles. The standard InChI is InChI=1S/C14H12N2O2/c15-17-13-7-11-5-9-3-1-2-4-10(9)6-12(11)8-14(13)18-16/h1-8H,15-16H2. The predicted molar refractivity (Wildman–Crippen MR) is 71.1 cm³/mol. The molecule has 0 saturated carbocycles. The van der Waals surface area contributed by atoms with Gasteiger partial charge in [-0.3, -0.25) is 0 Å². The Labute approximate surface area is 104 Å². The molecule has 0 saturated heterocycles. The minimum Gasteiger partial charge on any atom is -0.407 e. The van der Waals surface area contributed by atoms with Gasteiger partial charge in [-0.25, -0.2) is 0 Å². The number of nitrogens with two attached hydrogens (primary N) is 2. The Bertz CT molecular complexity index is 663. The molecule has 0 aliphatic rings. The highest BCUT2D eigenvalue weighted by atomic mass is 16.7. The minimum absolute atomic E-state index is 0.417. The summed E-state index contributed by atoms with van der Waals surface area (Å²) in [4.78, 5) is 9.50. The molecule has 4 heteroatoms. The van der Waals surface area contributed by atoms with Gasteiger partial charge in [-0.1, -0.05) is 24.3 Å². The zero-order valence-corrected chi connectivity index (χ0v) is 9.59. The van der Waals surface area contributed by atoms with Gasteiger partial charge in [0.1, 0.15) is 0 Å². The lowest BCUT2D eigenvalue weighted by molar-refractivity contribution is 0.281. The van der Waals surface area contributed by atoms with Crippen LogP contribution in [0.4, 0.5) is 0 Å². The lowest BCUT2D eigenvalue weighted by atomic mass is 10.0. The average Bonchev–Trinajstić information content (AvgIpc) is 2.43. The quantitative estimate of drug-likeness (QED) is 0.533. The van der Waals surface area contributed by atoms with E-state index < -0.39 is 0 Å². The Balaban J connectivity index is 2.36. The number of fused-ring (bicyclic) bond motifs is 2. The summed E-state index contributed by atoms with van der Waals surface area (Å²) < 4.78 is 0. The van der Waals surface area contributed by atoms with Crippen molar-refractivity contribution in [2.24, 2.45) is 11.8 Å². The summed E-state index contributed by atoms with van der Waals surface area (Å²) in [5.74, 6) is 11.2. The first-order chi connectivity index (χ1) is 8.81. The van der Waals surface area contributed by atoms with E-state index in [1.807, 2.05) is 24.3 Å². The van der Waals surface area contributed by atoms with Gasteiger partial charge in [0.2, 0.25) is 0 Å². The zero-order valence-electron chi connectivity index (χ0n) is 9.59. The lowest BCUT2D eigenvalue weighted by Gasteiger charge is -2.08. The summed E-state index contributed by atoms with van der Waals surface area (Å²) >= 11 is 0. The normalized spacial score (nSPS) is 10.8. The summed E-state index contributed by atoms with van der Waals surface area (Å²) in [5.41, 5.74) is 0. The van der Waals surface area contributed by atoms with Crippen LogP contribution < -0.4 is 21.5 Å². The van der Waals surface area contributed by atoms with Crippen molar-refractivity contribution in [3.8, 4) is 11.5 Å². The van der Waals surface area contributed by atoms with Gasteiger partial charge < -0.3 is 9.68 Å². The molecule has 4 nitrogen and oxygen atoms in total. The first kappa shape index (κ1) is 10.8. The maximum atomic E-state index is 5.19. The summed E-state index contributed by atoms with van der Waals surface area (Å²) in [6.07, 6.45) is 0. The summed E-state index contributed by atoms with van der Waals surface area (Å²) in [6.45, 7) is 0. The lowest BCUT2D eigenvalue weighted by Crippen LogP contribution is -2.08. The Morgan fingerprint density at radius 2 is 1.06 bits per heavy atom. The smallest absolute Gasteiger partial charge is 0.191 e. The van der Waals surface area contributed by atoms with Crippen LogP contribution in [0.5, 0.6) is 11.5 Å². The fourth-order valence-corrected chi connectivity index (χ4v) is 2.13.